The number of carboxylic acid groups (broad SMARTS) is 1. The van der Waals surface area contributed by atoms with Crippen LogP contribution in [0.1, 0.15) is 51.5 Å². The van der Waals surface area contributed by atoms with Gasteiger partial charge >= 0.3 is 11.9 Å². The Kier molecular flexibility index (Phi) is 7.48. The van der Waals surface area contributed by atoms with Crippen molar-refractivity contribution in [1.82, 2.24) is 10.2 Å². The van der Waals surface area contributed by atoms with Crippen LogP contribution in [0.3, 0.4) is 0 Å². The fourth-order valence-corrected chi connectivity index (χ4v) is 4.89. The molecule has 0 aromatic heterocycles. The Bertz CT molecular complexity index is 753. The van der Waals surface area contributed by atoms with Gasteiger partial charge in [-0.15, -0.1) is 0 Å². The average molecular weight is 417 g/mol. The van der Waals surface area contributed by atoms with Gasteiger partial charge in [0, 0.05) is 6.04 Å². The molecule has 0 bridgehead atoms. The van der Waals surface area contributed by atoms with Crippen molar-refractivity contribution in [3.05, 3.63) is 35.9 Å². The lowest BCUT2D eigenvalue weighted by Gasteiger charge is -2.31. The molecule has 5 atom stereocenters. The third-order valence-corrected chi connectivity index (χ3v) is 6.33. The third kappa shape index (κ3) is 5.01. The number of hydrogen-bond acceptors (Lipinski definition) is 5. The van der Waals surface area contributed by atoms with E-state index in [9.17, 15) is 19.5 Å². The Hall–Kier alpha value is -2.41. The first-order valence-electron chi connectivity index (χ1n) is 10.9. The van der Waals surface area contributed by atoms with Gasteiger partial charge in [0.25, 0.3) is 0 Å². The van der Waals surface area contributed by atoms with E-state index in [0.717, 1.165) is 24.8 Å². The van der Waals surface area contributed by atoms with Crippen molar-refractivity contribution in [2.75, 3.05) is 6.61 Å². The Balaban J connectivity index is 1.68. The van der Waals surface area contributed by atoms with Gasteiger partial charge in [-0.1, -0.05) is 36.8 Å². The van der Waals surface area contributed by atoms with Gasteiger partial charge in [0.2, 0.25) is 5.91 Å². The van der Waals surface area contributed by atoms with E-state index in [2.05, 4.69) is 5.32 Å². The molecular weight excluding hydrogens is 384 g/mol. The number of carboxylic acids is 1. The van der Waals surface area contributed by atoms with Gasteiger partial charge < -0.3 is 14.7 Å². The van der Waals surface area contributed by atoms with Crippen LogP contribution in [-0.4, -0.2) is 58.6 Å². The summed E-state index contributed by atoms with van der Waals surface area (Å²) in [7, 11) is 0. The van der Waals surface area contributed by atoms with Crippen molar-refractivity contribution in [1.29, 1.82) is 0 Å². The highest BCUT2D eigenvalue weighted by atomic mass is 16.5. The number of nitrogens with zero attached hydrogens (tertiary/aromatic N) is 1. The van der Waals surface area contributed by atoms with Gasteiger partial charge in [0.15, 0.2) is 0 Å². The molecule has 7 nitrogen and oxygen atoms in total. The van der Waals surface area contributed by atoms with Crippen LogP contribution < -0.4 is 5.32 Å². The Labute approximate surface area is 177 Å². The molecule has 1 saturated carbocycles. The summed E-state index contributed by atoms with van der Waals surface area (Å²) in [5, 5.41) is 12.8. The van der Waals surface area contributed by atoms with Crippen molar-refractivity contribution in [2.45, 2.75) is 76.5 Å². The number of nitrogens with one attached hydrogen (secondary N) is 1. The topological polar surface area (TPSA) is 95.9 Å². The van der Waals surface area contributed by atoms with E-state index in [0.29, 0.717) is 19.3 Å². The molecule has 1 amide bonds. The predicted molar refractivity (Wildman–Crippen MR) is 112 cm³/mol. The standard InChI is InChI=1S/C23H32N2O5/c1-3-30-23(29)18(13-12-16-8-5-4-6-9-16)24-15(2)21(26)25-19-11-7-10-17(19)14-20(25)22(27)28/h4-6,8-9,15,17-20,24H,3,7,10-14H2,1-2H3,(H,27,28)/t15?,17-,18?,19-,20-/m0/s1. The molecule has 1 heterocycles. The maximum atomic E-state index is 13.2. The molecular formula is C23H32N2O5. The van der Waals surface area contributed by atoms with Gasteiger partial charge in [-0.25, -0.2) is 4.79 Å². The summed E-state index contributed by atoms with van der Waals surface area (Å²) in [6.45, 7) is 3.72. The molecule has 1 saturated heterocycles. The van der Waals surface area contributed by atoms with Crippen LogP contribution in [0.5, 0.6) is 0 Å². The van der Waals surface area contributed by atoms with Crippen molar-refractivity contribution < 1.29 is 24.2 Å². The summed E-state index contributed by atoms with van der Waals surface area (Å²) in [5.41, 5.74) is 1.10. The van der Waals surface area contributed by atoms with Crippen LogP contribution in [-0.2, 0) is 25.5 Å². The molecule has 164 valence electrons. The minimum Gasteiger partial charge on any atom is -0.480 e. The monoisotopic (exact) mass is 416 g/mol. The van der Waals surface area contributed by atoms with Crippen LogP contribution in [0.4, 0.5) is 0 Å². The number of aryl methyl sites for hydroxylation is 1. The van der Waals surface area contributed by atoms with Crippen LogP contribution in [0.25, 0.3) is 0 Å². The lowest BCUT2D eigenvalue weighted by atomic mass is 10.0. The first-order chi connectivity index (χ1) is 14.4. The molecule has 30 heavy (non-hydrogen) atoms. The van der Waals surface area contributed by atoms with E-state index in [-0.39, 0.29) is 30.4 Å². The summed E-state index contributed by atoms with van der Waals surface area (Å²) in [6.07, 6.45) is 4.54. The number of carbonyl (C=O) groups is 3. The first-order valence-corrected chi connectivity index (χ1v) is 10.9. The number of fused-ring (bicyclic) bond motifs is 1. The molecule has 0 radical (unpaired) electrons. The molecule has 1 aromatic carbocycles. The summed E-state index contributed by atoms with van der Waals surface area (Å²) < 4.78 is 5.21. The number of benzene rings is 1. The van der Waals surface area contributed by atoms with Gasteiger partial charge in [-0.05, 0) is 57.4 Å². The van der Waals surface area contributed by atoms with Crippen molar-refractivity contribution in [3.63, 3.8) is 0 Å². The van der Waals surface area contributed by atoms with Gasteiger partial charge in [-0.3, -0.25) is 14.9 Å². The molecule has 1 aliphatic carbocycles. The SMILES string of the molecule is CCOC(=O)C(CCc1ccccc1)NC(C)C(=O)N1[C@H](C(=O)O)C[C@@H]2CCC[C@@H]21. The second-order valence-electron chi connectivity index (χ2n) is 8.31. The Morgan fingerprint density at radius 2 is 1.97 bits per heavy atom. The van der Waals surface area contributed by atoms with Crippen LogP contribution in [0.2, 0.25) is 0 Å². The summed E-state index contributed by atoms with van der Waals surface area (Å²) >= 11 is 0. The Morgan fingerprint density at radius 3 is 2.63 bits per heavy atom. The zero-order chi connectivity index (χ0) is 21.7. The number of rotatable bonds is 9. The lowest BCUT2D eigenvalue weighted by Crippen LogP contribution is -2.55. The number of carbonyl (C=O) groups excluding carboxylic acids is 2. The smallest absolute Gasteiger partial charge is 0.326 e. The molecule has 0 spiro atoms. The number of esters is 1. The highest BCUT2D eigenvalue weighted by molar-refractivity contribution is 5.88. The second-order valence-corrected chi connectivity index (χ2v) is 8.31. The average Bonchev–Trinajstić information content (AvgIpc) is 3.32. The Morgan fingerprint density at radius 1 is 1.23 bits per heavy atom. The molecule has 2 N–H and O–H groups in total. The number of hydrogen-bond donors (Lipinski definition) is 2. The highest BCUT2D eigenvalue weighted by Crippen LogP contribution is 2.41. The fraction of sp³-hybridized carbons (Fsp3) is 0.609. The molecule has 1 aliphatic heterocycles. The lowest BCUT2D eigenvalue weighted by molar-refractivity contribution is -0.151. The molecule has 2 aliphatic rings. The van der Waals surface area contributed by atoms with Gasteiger partial charge in [0.05, 0.1) is 12.6 Å². The normalized spacial score (nSPS) is 24.9. The van der Waals surface area contributed by atoms with E-state index < -0.39 is 24.1 Å². The van der Waals surface area contributed by atoms with E-state index >= 15 is 0 Å². The first kappa shape index (κ1) is 22.3. The minimum atomic E-state index is -0.948. The molecule has 7 heteroatoms. The van der Waals surface area contributed by atoms with Crippen LogP contribution in [0, 0.1) is 5.92 Å². The molecule has 2 unspecified atom stereocenters. The number of aliphatic carboxylic acids is 1. The largest absolute Gasteiger partial charge is 0.480 e. The maximum absolute atomic E-state index is 13.2. The number of likely N-dealkylation sites (tertiary alicyclic amines) is 1. The maximum Gasteiger partial charge on any atom is 0.326 e. The molecule has 2 fully saturated rings. The highest BCUT2D eigenvalue weighted by Gasteiger charge is 2.49. The van der Waals surface area contributed by atoms with Crippen molar-refractivity contribution in [3.8, 4) is 0 Å². The van der Waals surface area contributed by atoms with Crippen molar-refractivity contribution >= 4 is 17.8 Å². The van der Waals surface area contributed by atoms with E-state index in [4.69, 9.17) is 4.74 Å². The number of amides is 1. The number of ether oxygens (including phenoxy) is 1. The molecule has 3 rings (SSSR count). The predicted octanol–water partition coefficient (Wildman–Crippen LogP) is 2.38. The minimum absolute atomic E-state index is 0.00629. The van der Waals surface area contributed by atoms with E-state index in [1.54, 1.807) is 18.7 Å². The molecule has 1 aromatic rings. The van der Waals surface area contributed by atoms with Crippen LogP contribution in [0.15, 0.2) is 30.3 Å². The fourth-order valence-electron chi connectivity index (χ4n) is 4.89. The van der Waals surface area contributed by atoms with Gasteiger partial charge in [0.1, 0.15) is 12.1 Å². The zero-order valence-electron chi connectivity index (χ0n) is 17.8. The van der Waals surface area contributed by atoms with Crippen LogP contribution >= 0.6 is 0 Å². The van der Waals surface area contributed by atoms with Crippen molar-refractivity contribution in [2.24, 2.45) is 5.92 Å². The summed E-state index contributed by atoms with van der Waals surface area (Å²) in [5.74, 6) is -1.31. The zero-order valence-corrected chi connectivity index (χ0v) is 17.8. The van der Waals surface area contributed by atoms with Gasteiger partial charge in [-0.2, -0.15) is 0 Å². The second kappa shape index (κ2) is 10.1. The van der Waals surface area contributed by atoms with E-state index in [1.165, 1.54) is 0 Å². The third-order valence-electron chi connectivity index (χ3n) is 6.33. The van der Waals surface area contributed by atoms with E-state index in [1.807, 2.05) is 30.3 Å². The summed E-state index contributed by atoms with van der Waals surface area (Å²) in [6, 6.07) is 7.76. The quantitative estimate of drug-likeness (QED) is 0.600. The summed E-state index contributed by atoms with van der Waals surface area (Å²) in [4.78, 5) is 39.1.